The lowest BCUT2D eigenvalue weighted by atomic mass is 9.42. The van der Waals surface area contributed by atoms with Crippen LogP contribution in [0.4, 0.5) is 0 Å². The van der Waals surface area contributed by atoms with Crippen LogP contribution in [0.2, 0.25) is 0 Å². The predicted octanol–water partition coefficient (Wildman–Crippen LogP) is 6.32. The maximum absolute atomic E-state index is 12.8. The van der Waals surface area contributed by atoms with E-state index < -0.39 is 6.10 Å². The third kappa shape index (κ3) is 2.97. The summed E-state index contributed by atoms with van der Waals surface area (Å²) in [6.07, 6.45) is 13.0. The number of hydrogen-bond acceptors (Lipinski definition) is 3. The highest BCUT2D eigenvalue weighted by atomic mass is 16.3. The Kier molecular flexibility index (Phi) is 5.40. The molecule has 186 valence electrons. The molecule has 9 atom stereocenters. The molecule has 5 aliphatic carbocycles. The van der Waals surface area contributed by atoms with Crippen LogP contribution in [0.3, 0.4) is 0 Å². The van der Waals surface area contributed by atoms with Crippen LogP contribution in [0.5, 0.6) is 0 Å². The lowest BCUT2D eigenvalue weighted by Gasteiger charge is -2.62. The van der Waals surface area contributed by atoms with Crippen LogP contribution in [-0.4, -0.2) is 28.7 Å². The Morgan fingerprint density at radius 2 is 1.64 bits per heavy atom. The Labute approximate surface area is 201 Å². The first-order valence-electron chi connectivity index (χ1n) is 13.9. The van der Waals surface area contributed by atoms with Crippen LogP contribution in [0.15, 0.2) is 11.6 Å². The normalized spacial score (nSPS) is 49.2. The van der Waals surface area contributed by atoms with Gasteiger partial charge in [-0.2, -0.15) is 0 Å². The molecule has 0 aromatic heterocycles. The van der Waals surface area contributed by atoms with Crippen LogP contribution in [0.1, 0.15) is 106 Å². The summed E-state index contributed by atoms with van der Waals surface area (Å²) in [5.74, 6) is 2.51. The van der Waals surface area contributed by atoms with Gasteiger partial charge in [0.1, 0.15) is 5.78 Å². The van der Waals surface area contributed by atoms with Crippen LogP contribution in [0, 0.1) is 50.7 Å². The molecule has 0 radical (unpaired) electrons. The zero-order chi connectivity index (χ0) is 24.0. The lowest BCUT2D eigenvalue weighted by Crippen LogP contribution is -2.57. The van der Waals surface area contributed by atoms with Crippen LogP contribution >= 0.6 is 0 Å². The second kappa shape index (κ2) is 7.42. The average molecular weight is 457 g/mol. The molecule has 0 bridgehead atoms. The number of aliphatic hydroxyl groups is 2. The van der Waals surface area contributed by atoms with Crippen molar-refractivity contribution in [1.29, 1.82) is 0 Å². The van der Waals surface area contributed by atoms with Gasteiger partial charge >= 0.3 is 0 Å². The maximum atomic E-state index is 12.8. The second-order valence-corrected chi connectivity index (χ2v) is 14.3. The summed E-state index contributed by atoms with van der Waals surface area (Å²) >= 11 is 0. The second-order valence-electron chi connectivity index (χ2n) is 14.3. The number of carbonyl (C=O) groups is 1. The number of allylic oxidation sites excluding steroid dienone is 1. The van der Waals surface area contributed by atoms with Gasteiger partial charge in [0.05, 0.1) is 6.10 Å². The number of rotatable bonds is 5. The van der Waals surface area contributed by atoms with Crippen molar-refractivity contribution in [1.82, 2.24) is 0 Å². The molecule has 2 spiro atoms. The molecule has 3 heteroatoms. The number of ketones is 1. The van der Waals surface area contributed by atoms with Crippen molar-refractivity contribution in [2.24, 2.45) is 50.7 Å². The number of aliphatic hydroxyl groups excluding tert-OH is 2. The van der Waals surface area contributed by atoms with Crippen molar-refractivity contribution < 1.29 is 15.0 Å². The molecular weight excluding hydrogens is 408 g/mol. The molecule has 5 aliphatic rings. The molecule has 0 saturated heterocycles. The molecular formula is C30H48O3. The van der Waals surface area contributed by atoms with Crippen molar-refractivity contribution in [2.45, 2.75) is 112 Å². The van der Waals surface area contributed by atoms with Crippen LogP contribution in [-0.2, 0) is 4.79 Å². The smallest absolute Gasteiger partial charge is 0.138 e. The third-order valence-electron chi connectivity index (χ3n) is 12.8. The summed E-state index contributed by atoms with van der Waals surface area (Å²) in [5, 5.41) is 21.1. The average Bonchev–Trinajstić information content (AvgIpc) is 3.32. The van der Waals surface area contributed by atoms with Gasteiger partial charge in [-0.15, -0.1) is 0 Å². The molecule has 33 heavy (non-hydrogen) atoms. The van der Waals surface area contributed by atoms with E-state index in [4.69, 9.17) is 0 Å². The largest absolute Gasteiger partial charge is 0.396 e. The summed E-state index contributed by atoms with van der Waals surface area (Å²) in [6.45, 7) is 13.9. The summed E-state index contributed by atoms with van der Waals surface area (Å²) in [7, 11) is 0. The summed E-state index contributed by atoms with van der Waals surface area (Å²) in [5.41, 5.74) is 2.43. The van der Waals surface area contributed by atoms with Gasteiger partial charge in [0, 0.05) is 18.4 Å². The van der Waals surface area contributed by atoms with Gasteiger partial charge in [-0.25, -0.2) is 0 Å². The van der Waals surface area contributed by atoms with Crippen molar-refractivity contribution in [2.75, 3.05) is 6.61 Å². The van der Waals surface area contributed by atoms with Crippen LogP contribution in [0.25, 0.3) is 0 Å². The Bertz CT molecular complexity index is 855. The van der Waals surface area contributed by atoms with Crippen molar-refractivity contribution in [3.8, 4) is 0 Å². The minimum absolute atomic E-state index is 0.143. The minimum atomic E-state index is -0.457. The number of Topliss-reactive ketones (excluding diaryl/α,β-unsaturated/α-hetero) is 1. The van der Waals surface area contributed by atoms with Gasteiger partial charge in [0.25, 0.3) is 0 Å². The molecule has 2 N–H and O–H groups in total. The first kappa shape index (κ1) is 24.0. The molecule has 5 saturated carbocycles. The van der Waals surface area contributed by atoms with E-state index in [-0.39, 0.29) is 23.4 Å². The predicted molar refractivity (Wildman–Crippen MR) is 133 cm³/mol. The standard InChI is InChI=1S/C30H48O3/c1-19(2)15-21(32)16-20(17-31)22-9-11-28(6)24-8-7-23-26(3,4)25(33)10-12-29(23)18-30(24,29)14-13-27(22,28)5/h15,20-24,31-32H,7-14,16-18H2,1-6H3/t20-,21-,22+,23-,24-,27+,28-,29+,30-/m0/s1. The Morgan fingerprint density at radius 1 is 0.970 bits per heavy atom. The quantitative estimate of drug-likeness (QED) is 0.476. The summed E-state index contributed by atoms with van der Waals surface area (Å²) in [4.78, 5) is 12.8. The van der Waals surface area contributed by atoms with Gasteiger partial charge < -0.3 is 10.2 Å². The first-order valence-corrected chi connectivity index (χ1v) is 13.9. The van der Waals surface area contributed by atoms with E-state index >= 15 is 0 Å². The zero-order valence-electron chi connectivity index (χ0n) is 22.0. The highest BCUT2D eigenvalue weighted by molar-refractivity contribution is 5.86. The fraction of sp³-hybridized carbons (Fsp3) is 0.900. The van der Waals surface area contributed by atoms with Gasteiger partial charge in [-0.1, -0.05) is 39.3 Å². The molecule has 5 rings (SSSR count). The Morgan fingerprint density at radius 3 is 2.30 bits per heavy atom. The van der Waals surface area contributed by atoms with Gasteiger partial charge in [-0.3, -0.25) is 4.79 Å². The maximum Gasteiger partial charge on any atom is 0.138 e. The fourth-order valence-electron chi connectivity index (χ4n) is 11.1. The Balaban J connectivity index is 1.43. The van der Waals surface area contributed by atoms with Gasteiger partial charge in [-0.05, 0) is 117 Å². The number of fused-ring (bicyclic) bond motifs is 2. The lowest BCUT2D eigenvalue weighted by molar-refractivity contribution is -0.158. The molecule has 3 nitrogen and oxygen atoms in total. The topological polar surface area (TPSA) is 57.5 Å². The minimum Gasteiger partial charge on any atom is -0.396 e. The van der Waals surface area contributed by atoms with E-state index in [0.29, 0.717) is 40.3 Å². The van der Waals surface area contributed by atoms with Crippen molar-refractivity contribution in [3.05, 3.63) is 11.6 Å². The fourth-order valence-corrected chi connectivity index (χ4v) is 11.1. The Hall–Kier alpha value is -0.670. The summed E-state index contributed by atoms with van der Waals surface area (Å²) < 4.78 is 0. The highest BCUT2D eigenvalue weighted by Gasteiger charge is 2.82. The number of hydrogen-bond donors (Lipinski definition) is 2. The van der Waals surface area contributed by atoms with Crippen molar-refractivity contribution in [3.63, 3.8) is 0 Å². The first-order chi connectivity index (χ1) is 15.4. The molecule has 0 aromatic rings. The van der Waals surface area contributed by atoms with E-state index in [2.05, 4.69) is 27.7 Å². The zero-order valence-corrected chi connectivity index (χ0v) is 22.0. The van der Waals surface area contributed by atoms with Crippen LogP contribution < -0.4 is 0 Å². The SMILES string of the molecule is CC(C)=C[C@H](O)C[C@@H](CO)[C@H]1CC[C@@]2(C)[C@@H]3CC[C@H]4C(C)(C)C(=O)CC[C@@]45C[C@@]35CC[C@]12C. The van der Waals surface area contributed by atoms with E-state index in [0.717, 1.165) is 24.3 Å². The van der Waals surface area contributed by atoms with E-state index in [9.17, 15) is 15.0 Å². The van der Waals surface area contributed by atoms with Gasteiger partial charge in [0.15, 0.2) is 0 Å². The van der Waals surface area contributed by atoms with Gasteiger partial charge in [0.2, 0.25) is 0 Å². The third-order valence-corrected chi connectivity index (χ3v) is 12.8. The molecule has 0 aliphatic heterocycles. The molecule has 0 heterocycles. The van der Waals surface area contributed by atoms with E-state index in [1.807, 2.05) is 19.9 Å². The van der Waals surface area contributed by atoms with E-state index in [1.165, 1.54) is 44.9 Å². The molecule has 5 fully saturated rings. The van der Waals surface area contributed by atoms with E-state index in [1.54, 1.807) is 0 Å². The molecule has 0 aromatic carbocycles. The molecule has 0 amide bonds. The summed E-state index contributed by atoms with van der Waals surface area (Å²) in [6, 6.07) is 0. The monoisotopic (exact) mass is 456 g/mol. The molecule has 0 unspecified atom stereocenters. The number of carbonyl (C=O) groups excluding carboxylic acids is 1. The highest BCUT2D eigenvalue weighted by Crippen LogP contribution is 2.88. The van der Waals surface area contributed by atoms with Crippen molar-refractivity contribution >= 4 is 5.78 Å².